The van der Waals surface area contributed by atoms with Gasteiger partial charge in [-0.05, 0) is 39.7 Å². The summed E-state index contributed by atoms with van der Waals surface area (Å²) in [5.74, 6) is 4.04. The highest BCUT2D eigenvalue weighted by molar-refractivity contribution is 5.61. The Morgan fingerprint density at radius 2 is 1.97 bits per heavy atom. The molecule has 2 aromatic rings. The van der Waals surface area contributed by atoms with E-state index in [1.165, 1.54) is 18.5 Å². The van der Waals surface area contributed by atoms with Crippen LogP contribution >= 0.6 is 0 Å². The van der Waals surface area contributed by atoms with Crippen molar-refractivity contribution in [3.8, 4) is 0 Å². The minimum absolute atomic E-state index is 0.120. The van der Waals surface area contributed by atoms with Crippen LogP contribution in [-0.4, -0.2) is 69.6 Å². The summed E-state index contributed by atoms with van der Waals surface area (Å²) in [6, 6.07) is 3.93. The highest BCUT2D eigenvalue weighted by Crippen LogP contribution is 2.40. The van der Waals surface area contributed by atoms with Gasteiger partial charge in [0, 0.05) is 42.9 Å². The molecule has 0 unspecified atom stereocenters. The fraction of sp³-hybridized carbons (Fsp3) is 0.636. The number of quaternary nitrogens is 1. The zero-order chi connectivity index (χ0) is 21.8. The van der Waals surface area contributed by atoms with Crippen molar-refractivity contribution in [3.63, 3.8) is 0 Å². The van der Waals surface area contributed by atoms with Gasteiger partial charge < -0.3 is 15.0 Å². The van der Waals surface area contributed by atoms with Crippen molar-refractivity contribution in [3.05, 3.63) is 24.0 Å². The fourth-order valence-electron chi connectivity index (χ4n) is 4.48. The number of hydrogen-bond acceptors (Lipinski definition) is 7. The van der Waals surface area contributed by atoms with Crippen molar-refractivity contribution in [2.45, 2.75) is 45.1 Å². The summed E-state index contributed by atoms with van der Waals surface area (Å²) in [6.07, 6.45) is 4.15. The van der Waals surface area contributed by atoms with Crippen LogP contribution in [0.2, 0.25) is 0 Å². The number of anilines is 3. The summed E-state index contributed by atoms with van der Waals surface area (Å²) in [5.41, 5.74) is 0.752. The molecule has 0 atom stereocenters. The topological polar surface area (TPSA) is 96.0 Å². The number of carbonyl (C=O) groups excluding carboxylic acids is 1. The Bertz CT molecular complexity index is 966. The highest BCUT2D eigenvalue weighted by Gasteiger charge is 2.54. The summed E-state index contributed by atoms with van der Waals surface area (Å²) < 4.78 is 5.96. The van der Waals surface area contributed by atoms with Gasteiger partial charge in [-0.25, -0.2) is 9.47 Å². The first kappa shape index (κ1) is 20.2. The van der Waals surface area contributed by atoms with E-state index in [-0.39, 0.29) is 6.09 Å². The second-order valence-electron chi connectivity index (χ2n) is 10.5. The van der Waals surface area contributed by atoms with Crippen molar-refractivity contribution >= 4 is 23.7 Å². The number of aromatic amines is 1. The summed E-state index contributed by atoms with van der Waals surface area (Å²) in [7, 11) is 1.98. The van der Waals surface area contributed by atoms with Crippen LogP contribution in [-0.2, 0) is 4.74 Å². The quantitative estimate of drug-likeness (QED) is 0.709. The van der Waals surface area contributed by atoms with Gasteiger partial charge >= 0.3 is 6.09 Å². The minimum Gasteiger partial charge on any atom is -0.414 e. The maximum atomic E-state index is 12.5. The van der Waals surface area contributed by atoms with E-state index in [4.69, 9.17) is 4.74 Å². The Hall–Kier alpha value is -2.68. The molecular formula is C22H32N7O2+. The van der Waals surface area contributed by atoms with Crippen molar-refractivity contribution in [1.29, 1.82) is 0 Å². The van der Waals surface area contributed by atoms with Gasteiger partial charge in [0.05, 0.1) is 26.1 Å². The van der Waals surface area contributed by atoms with E-state index in [0.29, 0.717) is 22.2 Å². The van der Waals surface area contributed by atoms with Crippen LogP contribution in [0.4, 0.5) is 22.4 Å². The molecule has 9 heteroatoms. The summed E-state index contributed by atoms with van der Waals surface area (Å²) in [6.45, 7) is 9.29. The lowest BCUT2D eigenvalue weighted by atomic mass is 9.79. The highest BCUT2D eigenvalue weighted by atomic mass is 16.6. The summed E-state index contributed by atoms with van der Waals surface area (Å²) in [4.78, 5) is 23.8. The van der Waals surface area contributed by atoms with Crippen LogP contribution < -0.4 is 10.2 Å². The van der Waals surface area contributed by atoms with Crippen molar-refractivity contribution in [2.75, 3.05) is 43.4 Å². The van der Waals surface area contributed by atoms with Crippen molar-refractivity contribution < 1.29 is 14.0 Å². The van der Waals surface area contributed by atoms with E-state index < -0.39 is 5.60 Å². The zero-order valence-corrected chi connectivity index (χ0v) is 18.8. The number of aromatic nitrogens is 4. The Labute approximate surface area is 182 Å². The lowest BCUT2D eigenvalue weighted by molar-refractivity contribution is -0.891. The molecule has 31 heavy (non-hydrogen) atoms. The molecule has 3 fully saturated rings. The lowest BCUT2D eigenvalue weighted by Crippen LogP contribution is -2.69. The second kappa shape index (κ2) is 7.19. The number of nitrogens with one attached hydrogen (secondary N) is 2. The largest absolute Gasteiger partial charge is 0.516 e. The molecule has 2 aromatic heterocycles. The molecule has 2 aliphatic heterocycles. The van der Waals surface area contributed by atoms with E-state index >= 15 is 0 Å². The van der Waals surface area contributed by atoms with Crippen molar-refractivity contribution in [1.82, 2.24) is 20.2 Å². The molecule has 0 radical (unpaired) electrons. The SMILES string of the molecule is CC(C)(C)OC(=O)[N+]1(C)CC(C2CN(c3nccc(Nc4cc(C5CC5)[nH]n4)n3)C2)C1. The molecule has 1 amide bonds. The van der Waals surface area contributed by atoms with E-state index in [0.717, 1.165) is 43.8 Å². The number of amides is 1. The summed E-state index contributed by atoms with van der Waals surface area (Å²) in [5, 5.41) is 10.7. The first-order valence-electron chi connectivity index (χ1n) is 11.2. The molecule has 1 saturated carbocycles. The van der Waals surface area contributed by atoms with Gasteiger partial charge in [0.15, 0.2) is 5.82 Å². The molecular weight excluding hydrogens is 394 g/mol. The lowest BCUT2D eigenvalue weighted by Gasteiger charge is -2.52. The second-order valence-corrected chi connectivity index (χ2v) is 10.5. The number of ether oxygens (including phenoxy) is 1. The fourth-order valence-corrected chi connectivity index (χ4v) is 4.48. The third-order valence-corrected chi connectivity index (χ3v) is 6.48. The molecule has 4 heterocycles. The number of nitrogens with zero attached hydrogens (tertiary/aromatic N) is 5. The first-order valence-corrected chi connectivity index (χ1v) is 11.2. The molecule has 0 bridgehead atoms. The number of carbonyl (C=O) groups is 1. The van der Waals surface area contributed by atoms with E-state index in [1.54, 1.807) is 6.20 Å². The van der Waals surface area contributed by atoms with Gasteiger partial charge in [-0.2, -0.15) is 14.9 Å². The number of likely N-dealkylation sites (tertiary alicyclic amines) is 1. The average Bonchev–Trinajstić information content (AvgIpc) is 3.37. The number of rotatable bonds is 5. The van der Waals surface area contributed by atoms with Crippen LogP contribution in [0.3, 0.4) is 0 Å². The Kier molecular flexibility index (Phi) is 4.69. The zero-order valence-electron chi connectivity index (χ0n) is 18.8. The van der Waals surface area contributed by atoms with Gasteiger partial charge in [-0.1, -0.05) is 0 Å². The molecule has 0 spiro atoms. The third kappa shape index (κ3) is 4.23. The maximum Gasteiger partial charge on any atom is 0.516 e. The Balaban J connectivity index is 1.13. The molecule has 5 rings (SSSR count). The predicted molar refractivity (Wildman–Crippen MR) is 117 cm³/mol. The van der Waals surface area contributed by atoms with Crippen LogP contribution in [0.1, 0.15) is 45.2 Å². The van der Waals surface area contributed by atoms with E-state index in [1.807, 2.05) is 33.9 Å². The van der Waals surface area contributed by atoms with Gasteiger partial charge in [0.25, 0.3) is 0 Å². The first-order chi connectivity index (χ1) is 14.7. The number of H-pyrrole nitrogens is 1. The standard InChI is InChI=1S/C22H32N7O2/c1-22(2,3)31-21(30)29(4)12-16(13-29)15-10-28(11-15)20-23-8-7-18(25-20)24-19-9-17(26-27-19)14-5-6-14/h7-9,14-16H,5-6,10-13H2,1-4H3,(H2,23,24,25,26,27)/q+1. The van der Waals surface area contributed by atoms with Crippen LogP contribution in [0.25, 0.3) is 0 Å². The smallest absolute Gasteiger partial charge is 0.414 e. The molecule has 2 N–H and O–H groups in total. The predicted octanol–water partition coefficient (Wildman–Crippen LogP) is 3.27. The van der Waals surface area contributed by atoms with E-state index in [9.17, 15) is 4.79 Å². The number of hydrogen-bond donors (Lipinski definition) is 2. The van der Waals surface area contributed by atoms with Crippen LogP contribution in [0, 0.1) is 11.8 Å². The molecule has 166 valence electrons. The molecule has 0 aromatic carbocycles. The van der Waals surface area contributed by atoms with E-state index in [2.05, 4.69) is 36.4 Å². The maximum absolute atomic E-state index is 12.5. The average molecular weight is 427 g/mol. The van der Waals surface area contributed by atoms with Gasteiger partial charge in [-0.3, -0.25) is 5.10 Å². The monoisotopic (exact) mass is 426 g/mol. The Morgan fingerprint density at radius 3 is 2.65 bits per heavy atom. The molecule has 9 nitrogen and oxygen atoms in total. The molecule has 3 aliphatic rings. The minimum atomic E-state index is -0.442. The van der Waals surface area contributed by atoms with Crippen molar-refractivity contribution in [2.24, 2.45) is 11.8 Å². The summed E-state index contributed by atoms with van der Waals surface area (Å²) >= 11 is 0. The molecule has 2 saturated heterocycles. The van der Waals surface area contributed by atoms with Crippen LogP contribution in [0.15, 0.2) is 18.3 Å². The normalized spacial score (nSPS) is 26.2. The Morgan fingerprint density at radius 1 is 1.23 bits per heavy atom. The van der Waals surface area contributed by atoms with Crippen LogP contribution in [0.5, 0.6) is 0 Å². The molecule has 1 aliphatic carbocycles. The van der Waals surface area contributed by atoms with Gasteiger partial charge in [-0.15, -0.1) is 0 Å². The van der Waals surface area contributed by atoms with Gasteiger partial charge in [0.2, 0.25) is 5.95 Å². The third-order valence-electron chi connectivity index (χ3n) is 6.48. The van der Waals surface area contributed by atoms with Gasteiger partial charge in [0.1, 0.15) is 11.4 Å².